The average molecular weight is 386 g/mol. The maximum atomic E-state index is 12.1. The first-order valence-corrected chi connectivity index (χ1v) is 9.84. The predicted octanol–water partition coefficient (Wildman–Crippen LogP) is 2.29. The van der Waals surface area contributed by atoms with Crippen molar-refractivity contribution in [2.75, 3.05) is 32.8 Å². The lowest BCUT2D eigenvalue weighted by molar-refractivity contribution is 0.102. The van der Waals surface area contributed by atoms with Crippen LogP contribution in [0.5, 0.6) is 5.75 Å². The number of carbonyl (C=O) groups excluding carboxylic acids is 1. The van der Waals surface area contributed by atoms with Crippen LogP contribution in [0.15, 0.2) is 28.8 Å². The van der Waals surface area contributed by atoms with Gasteiger partial charge < -0.3 is 24.2 Å². The molecule has 1 aromatic carbocycles. The second kappa shape index (κ2) is 8.60. The smallest absolute Gasteiger partial charge is 0.317 e. The number of benzene rings is 1. The molecule has 2 amide bonds. The van der Waals surface area contributed by atoms with Gasteiger partial charge in [-0.2, -0.15) is 4.98 Å². The molecular weight excluding hydrogens is 360 g/mol. The first-order chi connectivity index (χ1) is 13.7. The Hall–Kier alpha value is -2.61. The van der Waals surface area contributed by atoms with Crippen LogP contribution in [0.4, 0.5) is 4.79 Å². The minimum Gasteiger partial charge on any atom is -0.493 e. The van der Waals surface area contributed by atoms with Crippen molar-refractivity contribution in [1.82, 2.24) is 20.4 Å². The summed E-state index contributed by atoms with van der Waals surface area (Å²) in [5, 5.41) is 6.95. The summed E-state index contributed by atoms with van der Waals surface area (Å²) < 4.78 is 16.6. The van der Waals surface area contributed by atoms with Crippen LogP contribution in [-0.2, 0) is 11.2 Å². The SMILES string of the molecule is Cc1cccc(OCCc2noc(C3CN(C(=O)NCC4CCCO4)C3)n2)c1. The molecule has 150 valence electrons. The van der Waals surface area contributed by atoms with Crippen molar-refractivity contribution >= 4 is 6.03 Å². The fourth-order valence-electron chi connectivity index (χ4n) is 3.42. The van der Waals surface area contributed by atoms with Crippen LogP contribution in [0.2, 0.25) is 0 Å². The van der Waals surface area contributed by atoms with Crippen molar-refractivity contribution in [3.8, 4) is 5.75 Å². The van der Waals surface area contributed by atoms with E-state index in [9.17, 15) is 4.79 Å². The Morgan fingerprint density at radius 3 is 3.07 bits per heavy atom. The van der Waals surface area contributed by atoms with E-state index in [-0.39, 0.29) is 18.1 Å². The molecule has 8 nitrogen and oxygen atoms in total. The van der Waals surface area contributed by atoms with E-state index in [4.69, 9.17) is 14.0 Å². The van der Waals surface area contributed by atoms with Gasteiger partial charge in [0.1, 0.15) is 5.75 Å². The zero-order valence-electron chi connectivity index (χ0n) is 16.1. The highest BCUT2D eigenvalue weighted by Crippen LogP contribution is 2.25. The quantitative estimate of drug-likeness (QED) is 0.785. The molecule has 2 aliphatic heterocycles. The number of nitrogens with zero attached hydrogens (tertiary/aromatic N) is 3. The molecule has 4 rings (SSSR count). The molecule has 2 aliphatic rings. The summed E-state index contributed by atoms with van der Waals surface area (Å²) in [6.07, 6.45) is 2.82. The number of rotatable bonds is 7. The van der Waals surface area contributed by atoms with Crippen LogP contribution < -0.4 is 10.1 Å². The van der Waals surface area contributed by atoms with Crippen molar-refractivity contribution in [2.45, 2.75) is 38.2 Å². The standard InChI is InChI=1S/C20H26N4O4/c1-14-4-2-5-16(10-14)27-9-7-18-22-19(28-23-18)15-12-24(13-15)20(25)21-11-17-6-3-8-26-17/h2,4-5,10,15,17H,3,6-9,11-13H2,1H3,(H,21,25). The number of hydrogen-bond acceptors (Lipinski definition) is 6. The first-order valence-electron chi connectivity index (χ1n) is 9.84. The molecule has 0 bridgehead atoms. The van der Waals surface area contributed by atoms with Gasteiger partial charge in [0.25, 0.3) is 0 Å². The fourth-order valence-corrected chi connectivity index (χ4v) is 3.42. The first kappa shape index (κ1) is 18.7. The van der Waals surface area contributed by atoms with Crippen molar-refractivity contribution in [3.63, 3.8) is 0 Å². The number of likely N-dealkylation sites (tertiary alicyclic amines) is 1. The zero-order chi connectivity index (χ0) is 19.3. The molecule has 28 heavy (non-hydrogen) atoms. The largest absolute Gasteiger partial charge is 0.493 e. The van der Waals surface area contributed by atoms with Gasteiger partial charge in [-0.1, -0.05) is 17.3 Å². The van der Waals surface area contributed by atoms with Gasteiger partial charge in [0.15, 0.2) is 5.82 Å². The Balaban J connectivity index is 1.17. The Morgan fingerprint density at radius 2 is 2.29 bits per heavy atom. The number of aryl methyl sites for hydroxylation is 1. The summed E-state index contributed by atoms with van der Waals surface area (Å²) in [5.74, 6) is 2.16. The molecule has 8 heteroatoms. The molecule has 1 N–H and O–H groups in total. The topological polar surface area (TPSA) is 89.7 Å². The van der Waals surface area contributed by atoms with Crippen LogP contribution in [-0.4, -0.2) is 60.0 Å². The van der Waals surface area contributed by atoms with Crippen molar-refractivity contribution in [1.29, 1.82) is 0 Å². The lowest BCUT2D eigenvalue weighted by atomic mass is 10.0. The lowest BCUT2D eigenvalue weighted by Gasteiger charge is -2.37. The normalized spacial score (nSPS) is 19.5. The van der Waals surface area contributed by atoms with Gasteiger partial charge in [-0.05, 0) is 37.5 Å². The zero-order valence-corrected chi connectivity index (χ0v) is 16.1. The van der Waals surface area contributed by atoms with E-state index in [0.29, 0.717) is 44.4 Å². The number of amides is 2. The molecule has 2 aromatic rings. The third-order valence-electron chi connectivity index (χ3n) is 5.09. The third kappa shape index (κ3) is 4.62. The molecule has 0 saturated carbocycles. The summed E-state index contributed by atoms with van der Waals surface area (Å²) in [7, 11) is 0. The van der Waals surface area contributed by atoms with Crippen molar-refractivity contribution in [3.05, 3.63) is 41.5 Å². The summed E-state index contributed by atoms with van der Waals surface area (Å²) in [4.78, 5) is 18.3. The van der Waals surface area contributed by atoms with E-state index in [1.807, 2.05) is 31.2 Å². The monoisotopic (exact) mass is 386 g/mol. The second-order valence-electron chi connectivity index (χ2n) is 7.39. The molecule has 0 spiro atoms. The highest BCUT2D eigenvalue weighted by molar-refractivity contribution is 5.75. The van der Waals surface area contributed by atoms with E-state index < -0.39 is 0 Å². The minimum atomic E-state index is -0.0574. The van der Waals surface area contributed by atoms with E-state index in [1.165, 1.54) is 0 Å². The number of ether oxygens (including phenoxy) is 2. The van der Waals surface area contributed by atoms with Gasteiger partial charge >= 0.3 is 6.03 Å². The average Bonchev–Trinajstić information content (AvgIpc) is 3.31. The minimum absolute atomic E-state index is 0.0574. The summed E-state index contributed by atoms with van der Waals surface area (Å²) in [6, 6.07) is 7.87. The van der Waals surface area contributed by atoms with E-state index in [0.717, 1.165) is 30.8 Å². The van der Waals surface area contributed by atoms with E-state index in [2.05, 4.69) is 15.5 Å². The summed E-state index contributed by atoms with van der Waals surface area (Å²) in [5.41, 5.74) is 1.16. The van der Waals surface area contributed by atoms with E-state index >= 15 is 0 Å². The molecule has 2 fully saturated rings. The Bertz CT molecular complexity index is 797. The summed E-state index contributed by atoms with van der Waals surface area (Å²) in [6.45, 7) is 5.08. The third-order valence-corrected chi connectivity index (χ3v) is 5.09. The van der Waals surface area contributed by atoms with E-state index in [1.54, 1.807) is 4.90 Å². The molecular formula is C20H26N4O4. The highest BCUT2D eigenvalue weighted by atomic mass is 16.5. The van der Waals surface area contributed by atoms with Crippen LogP contribution in [0.3, 0.4) is 0 Å². The highest BCUT2D eigenvalue weighted by Gasteiger charge is 2.35. The molecule has 0 aliphatic carbocycles. The number of aromatic nitrogens is 2. The van der Waals surface area contributed by atoms with Crippen molar-refractivity contribution in [2.24, 2.45) is 0 Å². The van der Waals surface area contributed by atoms with Crippen LogP contribution >= 0.6 is 0 Å². The summed E-state index contributed by atoms with van der Waals surface area (Å²) >= 11 is 0. The Morgan fingerprint density at radius 1 is 1.39 bits per heavy atom. The fraction of sp³-hybridized carbons (Fsp3) is 0.550. The molecule has 1 aromatic heterocycles. The number of nitrogens with one attached hydrogen (secondary N) is 1. The molecule has 3 heterocycles. The lowest BCUT2D eigenvalue weighted by Crippen LogP contribution is -2.53. The van der Waals surface area contributed by atoms with Gasteiger partial charge in [-0.25, -0.2) is 4.79 Å². The number of urea groups is 1. The number of carbonyl (C=O) groups is 1. The predicted molar refractivity (Wildman–Crippen MR) is 101 cm³/mol. The molecule has 0 radical (unpaired) electrons. The maximum absolute atomic E-state index is 12.1. The Kier molecular flexibility index (Phi) is 5.76. The van der Waals surface area contributed by atoms with Crippen molar-refractivity contribution < 1.29 is 18.8 Å². The molecule has 2 saturated heterocycles. The van der Waals surface area contributed by atoms with Crippen LogP contribution in [0.1, 0.15) is 36.0 Å². The second-order valence-corrected chi connectivity index (χ2v) is 7.39. The molecule has 1 atom stereocenters. The van der Waals surface area contributed by atoms with Gasteiger partial charge in [-0.15, -0.1) is 0 Å². The van der Waals surface area contributed by atoms with Gasteiger partial charge in [0, 0.05) is 32.7 Å². The van der Waals surface area contributed by atoms with Gasteiger partial charge in [0.2, 0.25) is 5.89 Å². The number of hydrogen-bond donors (Lipinski definition) is 1. The van der Waals surface area contributed by atoms with Crippen LogP contribution in [0, 0.1) is 6.92 Å². The maximum Gasteiger partial charge on any atom is 0.317 e. The van der Waals surface area contributed by atoms with Crippen LogP contribution in [0.25, 0.3) is 0 Å². The molecule has 1 unspecified atom stereocenters. The Labute approximate surface area is 164 Å². The van der Waals surface area contributed by atoms with Gasteiger partial charge in [-0.3, -0.25) is 0 Å². The van der Waals surface area contributed by atoms with Gasteiger partial charge in [0.05, 0.1) is 18.6 Å².